The van der Waals surface area contributed by atoms with Crippen LogP contribution in [0.15, 0.2) is 10.9 Å². The second-order valence-corrected chi connectivity index (χ2v) is 2.56. The molecule has 0 bridgehead atoms. The minimum atomic E-state index is -2.81. The molecule has 2 N–H and O–H groups in total. The molecule has 0 unspecified atom stereocenters. The van der Waals surface area contributed by atoms with E-state index in [4.69, 9.17) is 5.11 Å². The lowest BCUT2D eigenvalue weighted by Gasteiger charge is -2.09. The third kappa shape index (κ3) is 1.90. The average molecular weight is 205 g/mol. The Labute approximate surface area is 78.1 Å². The largest absolute Gasteiger partial charge is 0.482 e. The van der Waals surface area contributed by atoms with Crippen LogP contribution in [-0.4, -0.2) is 17.2 Å². The summed E-state index contributed by atoms with van der Waals surface area (Å²) >= 11 is 0. The van der Waals surface area contributed by atoms with Crippen molar-refractivity contribution in [3.05, 3.63) is 27.5 Å². The van der Waals surface area contributed by atoms with E-state index in [0.717, 1.165) is 6.07 Å². The van der Waals surface area contributed by atoms with E-state index in [1.165, 1.54) is 7.11 Å². The third-order valence-corrected chi connectivity index (χ3v) is 1.74. The highest BCUT2D eigenvalue weighted by atomic mass is 19.3. The van der Waals surface area contributed by atoms with Gasteiger partial charge in [0.2, 0.25) is 0 Å². The number of aromatic amines is 1. The summed E-state index contributed by atoms with van der Waals surface area (Å²) in [6, 6.07) is 0.749. The topological polar surface area (TPSA) is 62.3 Å². The van der Waals surface area contributed by atoms with Gasteiger partial charge in [0.15, 0.2) is 5.88 Å². The molecule has 1 rings (SSSR count). The van der Waals surface area contributed by atoms with E-state index in [0.29, 0.717) is 0 Å². The molecule has 0 spiro atoms. The van der Waals surface area contributed by atoms with Crippen molar-refractivity contribution in [3.8, 4) is 5.88 Å². The zero-order valence-corrected chi connectivity index (χ0v) is 7.38. The molecule has 0 fully saturated rings. The molecule has 0 aliphatic carbocycles. The minimum Gasteiger partial charge on any atom is -0.482 e. The van der Waals surface area contributed by atoms with E-state index in [2.05, 4.69) is 9.72 Å². The van der Waals surface area contributed by atoms with Crippen LogP contribution in [0.5, 0.6) is 5.88 Å². The fraction of sp³-hybridized carbons (Fsp3) is 0.375. The molecule has 6 heteroatoms. The Morgan fingerprint density at radius 2 is 2.29 bits per heavy atom. The molecule has 14 heavy (non-hydrogen) atoms. The molecule has 0 atom stereocenters. The number of aliphatic hydroxyl groups excluding tert-OH is 1. The summed E-state index contributed by atoms with van der Waals surface area (Å²) in [5.41, 5.74) is -1.29. The number of aliphatic hydroxyl groups is 1. The van der Waals surface area contributed by atoms with Crippen molar-refractivity contribution >= 4 is 0 Å². The quantitative estimate of drug-likeness (QED) is 0.767. The summed E-state index contributed by atoms with van der Waals surface area (Å²) in [5, 5.41) is 8.83. The normalized spacial score (nSPS) is 10.6. The van der Waals surface area contributed by atoms with Crippen LogP contribution in [0.1, 0.15) is 17.6 Å². The van der Waals surface area contributed by atoms with E-state index < -0.39 is 24.2 Å². The zero-order valence-electron chi connectivity index (χ0n) is 7.38. The predicted octanol–water partition coefficient (Wildman–Crippen LogP) is 0.813. The molecule has 0 aromatic carbocycles. The van der Waals surface area contributed by atoms with Gasteiger partial charge >= 0.3 is 0 Å². The van der Waals surface area contributed by atoms with E-state index >= 15 is 0 Å². The summed E-state index contributed by atoms with van der Waals surface area (Å²) in [5.74, 6) is -0.129. The van der Waals surface area contributed by atoms with Gasteiger partial charge in [-0.1, -0.05) is 0 Å². The van der Waals surface area contributed by atoms with Gasteiger partial charge in [-0.2, -0.15) is 0 Å². The van der Waals surface area contributed by atoms with Crippen LogP contribution < -0.4 is 10.3 Å². The first-order chi connectivity index (χ1) is 6.60. The zero-order chi connectivity index (χ0) is 10.7. The van der Waals surface area contributed by atoms with Crippen LogP contribution >= 0.6 is 0 Å². The highest BCUT2D eigenvalue weighted by Crippen LogP contribution is 2.26. The molecular weight excluding hydrogens is 196 g/mol. The van der Waals surface area contributed by atoms with Crippen molar-refractivity contribution in [3.63, 3.8) is 0 Å². The van der Waals surface area contributed by atoms with Crippen LogP contribution in [0.2, 0.25) is 0 Å². The van der Waals surface area contributed by atoms with Crippen molar-refractivity contribution in [1.82, 2.24) is 4.98 Å². The van der Waals surface area contributed by atoms with Gasteiger partial charge in [0, 0.05) is 17.2 Å². The van der Waals surface area contributed by atoms with Crippen LogP contribution in [-0.2, 0) is 6.61 Å². The SMILES string of the molecule is COc1[nH]c(=O)cc(C(F)F)c1CO. The number of hydrogen-bond acceptors (Lipinski definition) is 3. The monoisotopic (exact) mass is 205 g/mol. The molecule has 1 heterocycles. The van der Waals surface area contributed by atoms with Crippen molar-refractivity contribution in [2.45, 2.75) is 13.0 Å². The molecule has 4 nitrogen and oxygen atoms in total. The lowest BCUT2D eigenvalue weighted by molar-refractivity contribution is 0.145. The van der Waals surface area contributed by atoms with Crippen molar-refractivity contribution in [2.75, 3.05) is 7.11 Å². The highest BCUT2D eigenvalue weighted by Gasteiger charge is 2.17. The van der Waals surface area contributed by atoms with E-state index in [9.17, 15) is 13.6 Å². The second kappa shape index (κ2) is 4.19. The Balaban J connectivity index is 3.39. The van der Waals surface area contributed by atoms with E-state index in [-0.39, 0.29) is 11.4 Å². The Morgan fingerprint density at radius 1 is 1.64 bits per heavy atom. The maximum Gasteiger partial charge on any atom is 0.264 e. The van der Waals surface area contributed by atoms with Gasteiger partial charge in [-0.15, -0.1) is 0 Å². The van der Waals surface area contributed by atoms with E-state index in [1.807, 2.05) is 0 Å². The number of rotatable bonds is 3. The number of ether oxygens (including phenoxy) is 1. The first-order valence-corrected chi connectivity index (χ1v) is 3.79. The number of nitrogens with one attached hydrogen (secondary N) is 1. The van der Waals surface area contributed by atoms with Gasteiger partial charge in [-0.3, -0.25) is 9.78 Å². The number of hydrogen-bond donors (Lipinski definition) is 2. The first kappa shape index (κ1) is 10.6. The van der Waals surface area contributed by atoms with Crippen LogP contribution in [0.25, 0.3) is 0 Å². The summed E-state index contributed by atoms with van der Waals surface area (Å²) in [6.45, 7) is -0.611. The average Bonchev–Trinajstić information content (AvgIpc) is 2.16. The molecule has 1 aromatic rings. The summed E-state index contributed by atoms with van der Waals surface area (Å²) in [7, 11) is 1.22. The molecule has 0 saturated carbocycles. The molecule has 0 aliphatic heterocycles. The fourth-order valence-corrected chi connectivity index (χ4v) is 1.11. The lowest BCUT2D eigenvalue weighted by Crippen LogP contribution is -2.12. The number of methoxy groups -OCH3 is 1. The number of pyridine rings is 1. The Hall–Kier alpha value is -1.43. The molecule has 0 aliphatic rings. The smallest absolute Gasteiger partial charge is 0.264 e. The minimum absolute atomic E-state index is 0.0953. The van der Waals surface area contributed by atoms with Crippen LogP contribution in [0.3, 0.4) is 0 Å². The number of aromatic nitrogens is 1. The molecule has 78 valence electrons. The van der Waals surface area contributed by atoms with Crippen LogP contribution in [0.4, 0.5) is 8.78 Å². The molecule has 0 amide bonds. The summed E-state index contributed by atoms with van der Waals surface area (Å²) in [6.07, 6.45) is -2.81. The van der Waals surface area contributed by atoms with Gasteiger partial charge in [-0.05, 0) is 0 Å². The maximum absolute atomic E-state index is 12.4. The van der Waals surface area contributed by atoms with Crippen molar-refractivity contribution in [2.24, 2.45) is 0 Å². The van der Waals surface area contributed by atoms with Crippen molar-refractivity contribution < 1.29 is 18.6 Å². The lowest BCUT2D eigenvalue weighted by atomic mass is 10.1. The third-order valence-electron chi connectivity index (χ3n) is 1.74. The standard InChI is InChI=1S/C8H9F2NO3/c1-14-8-5(3-12)4(7(9)10)2-6(13)11-8/h2,7,12H,3H2,1H3,(H,11,13). The van der Waals surface area contributed by atoms with Crippen molar-refractivity contribution in [1.29, 1.82) is 0 Å². The van der Waals surface area contributed by atoms with Gasteiger partial charge in [0.1, 0.15) is 0 Å². The predicted molar refractivity (Wildman–Crippen MR) is 44.5 cm³/mol. The van der Waals surface area contributed by atoms with Gasteiger partial charge < -0.3 is 9.84 Å². The number of H-pyrrole nitrogens is 1. The Kier molecular flexibility index (Phi) is 3.19. The van der Waals surface area contributed by atoms with Gasteiger partial charge in [-0.25, -0.2) is 8.78 Å². The molecule has 1 aromatic heterocycles. The number of alkyl halides is 2. The van der Waals surface area contributed by atoms with Gasteiger partial charge in [0.05, 0.1) is 13.7 Å². The molecule has 0 saturated heterocycles. The van der Waals surface area contributed by atoms with E-state index in [1.54, 1.807) is 0 Å². The maximum atomic E-state index is 12.4. The van der Waals surface area contributed by atoms with Crippen LogP contribution in [0, 0.1) is 0 Å². The first-order valence-electron chi connectivity index (χ1n) is 3.79. The number of halogens is 2. The Bertz CT molecular complexity index is 375. The fourth-order valence-electron chi connectivity index (χ4n) is 1.11. The summed E-state index contributed by atoms with van der Waals surface area (Å²) in [4.78, 5) is 13.1. The summed E-state index contributed by atoms with van der Waals surface area (Å²) < 4.78 is 29.4. The highest BCUT2D eigenvalue weighted by molar-refractivity contribution is 5.34. The second-order valence-electron chi connectivity index (χ2n) is 2.56. The molecular formula is C8H9F2NO3. The molecule has 0 radical (unpaired) electrons. The Morgan fingerprint density at radius 3 is 2.71 bits per heavy atom. The van der Waals surface area contributed by atoms with Gasteiger partial charge in [0.25, 0.3) is 12.0 Å².